The fourth-order valence-corrected chi connectivity index (χ4v) is 1.91. The predicted octanol–water partition coefficient (Wildman–Crippen LogP) is 3.66. The van der Waals surface area contributed by atoms with E-state index in [1.54, 1.807) is 12.1 Å². The van der Waals surface area contributed by atoms with Gasteiger partial charge in [0.15, 0.2) is 0 Å². The van der Waals surface area contributed by atoms with E-state index < -0.39 is 0 Å². The SMILES string of the molecule is CCNc1cc(Nc2c(C)cccc2F)nc(CC)n1. The van der Waals surface area contributed by atoms with E-state index in [0.717, 1.165) is 30.2 Å². The second-order valence-electron chi connectivity index (χ2n) is 4.50. The van der Waals surface area contributed by atoms with Gasteiger partial charge in [-0.05, 0) is 25.5 Å². The van der Waals surface area contributed by atoms with Crippen molar-refractivity contribution in [3.05, 3.63) is 41.5 Å². The maximum absolute atomic E-state index is 13.8. The van der Waals surface area contributed by atoms with Crippen LogP contribution in [0.15, 0.2) is 24.3 Å². The second-order valence-corrected chi connectivity index (χ2v) is 4.50. The maximum Gasteiger partial charge on any atom is 0.146 e. The molecule has 2 aromatic rings. The zero-order valence-electron chi connectivity index (χ0n) is 12.0. The summed E-state index contributed by atoms with van der Waals surface area (Å²) in [6.45, 7) is 6.63. The van der Waals surface area contributed by atoms with Crippen molar-refractivity contribution in [1.29, 1.82) is 0 Å². The summed E-state index contributed by atoms with van der Waals surface area (Å²) in [5, 5.41) is 6.20. The van der Waals surface area contributed by atoms with Gasteiger partial charge in [0, 0.05) is 19.0 Å². The maximum atomic E-state index is 13.8. The average Bonchev–Trinajstić information content (AvgIpc) is 2.43. The van der Waals surface area contributed by atoms with Crippen LogP contribution < -0.4 is 10.6 Å². The van der Waals surface area contributed by atoms with Crippen molar-refractivity contribution in [1.82, 2.24) is 9.97 Å². The molecule has 0 radical (unpaired) electrons. The monoisotopic (exact) mass is 274 g/mol. The largest absolute Gasteiger partial charge is 0.370 e. The molecule has 1 aromatic heterocycles. The Morgan fingerprint density at radius 3 is 2.55 bits per heavy atom. The van der Waals surface area contributed by atoms with E-state index in [2.05, 4.69) is 20.6 Å². The van der Waals surface area contributed by atoms with Gasteiger partial charge < -0.3 is 10.6 Å². The molecule has 0 aliphatic rings. The van der Waals surface area contributed by atoms with Crippen LogP contribution in [0, 0.1) is 12.7 Å². The molecule has 0 atom stereocenters. The number of aromatic nitrogens is 2. The number of rotatable bonds is 5. The highest BCUT2D eigenvalue weighted by molar-refractivity contribution is 5.63. The smallest absolute Gasteiger partial charge is 0.146 e. The van der Waals surface area contributed by atoms with E-state index in [1.165, 1.54) is 6.07 Å². The Morgan fingerprint density at radius 1 is 1.15 bits per heavy atom. The minimum absolute atomic E-state index is 0.285. The van der Waals surface area contributed by atoms with Crippen molar-refractivity contribution in [2.75, 3.05) is 17.2 Å². The molecule has 20 heavy (non-hydrogen) atoms. The van der Waals surface area contributed by atoms with Gasteiger partial charge in [-0.1, -0.05) is 19.1 Å². The van der Waals surface area contributed by atoms with Crippen molar-refractivity contribution < 1.29 is 4.39 Å². The lowest BCUT2D eigenvalue weighted by atomic mass is 10.2. The Bertz CT molecular complexity index is 578. The standard InChI is InChI=1S/C15H19FN4/c1-4-12-18-13(17-5-2)9-14(19-12)20-15-10(3)7-6-8-11(15)16/h6-9H,4-5H2,1-3H3,(H2,17,18,19,20). The van der Waals surface area contributed by atoms with E-state index in [1.807, 2.05) is 26.8 Å². The van der Waals surface area contributed by atoms with Crippen molar-refractivity contribution in [3.8, 4) is 0 Å². The number of anilines is 3. The number of hydrogen-bond donors (Lipinski definition) is 2. The fraction of sp³-hybridized carbons (Fsp3) is 0.333. The first-order chi connectivity index (χ1) is 9.63. The average molecular weight is 274 g/mol. The lowest BCUT2D eigenvalue weighted by Gasteiger charge is -2.12. The molecule has 0 fully saturated rings. The van der Waals surface area contributed by atoms with Gasteiger partial charge in [0.2, 0.25) is 0 Å². The molecule has 0 saturated carbocycles. The zero-order valence-corrected chi connectivity index (χ0v) is 12.0. The summed E-state index contributed by atoms with van der Waals surface area (Å²) in [4.78, 5) is 8.75. The highest BCUT2D eigenvalue weighted by Gasteiger charge is 2.08. The Balaban J connectivity index is 2.35. The number of halogens is 1. The van der Waals surface area contributed by atoms with Gasteiger partial charge >= 0.3 is 0 Å². The summed E-state index contributed by atoms with van der Waals surface area (Å²) in [7, 11) is 0. The first kappa shape index (κ1) is 14.2. The van der Waals surface area contributed by atoms with Crippen LogP contribution in [-0.2, 0) is 6.42 Å². The van der Waals surface area contributed by atoms with Crippen molar-refractivity contribution >= 4 is 17.3 Å². The zero-order chi connectivity index (χ0) is 14.5. The fourth-order valence-electron chi connectivity index (χ4n) is 1.91. The van der Waals surface area contributed by atoms with Gasteiger partial charge in [-0.15, -0.1) is 0 Å². The minimum atomic E-state index is -0.285. The molecule has 0 aliphatic heterocycles. The molecule has 1 heterocycles. The molecule has 0 spiro atoms. The summed E-state index contributed by atoms with van der Waals surface area (Å²) in [6.07, 6.45) is 0.726. The molecule has 106 valence electrons. The summed E-state index contributed by atoms with van der Waals surface area (Å²) >= 11 is 0. The molecule has 0 amide bonds. The van der Waals surface area contributed by atoms with E-state index >= 15 is 0 Å². The van der Waals surface area contributed by atoms with Crippen LogP contribution in [0.1, 0.15) is 25.2 Å². The molecule has 0 saturated heterocycles. The molecule has 1 aromatic carbocycles. The molecule has 0 bridgehead atoms. The van der Waals surface area contributed by atoms with Gasteiger partial charge in [-0.3, -0.25) is 0 Å². The molecular formula is C15H19FN4. The van der Waals surface area contributed by atoms with Crippen molar-refractivity contribution in [3.63, 3.8) is 0 Å². The first-order valence-corrected chi connectivity index (χ1v) is 6.78. The van der Waals surface area contributed by atoms with Crippen LogP contribution in [0.3, 0.4) is 0 Å². The number of nitrogens with one attached hydrogen (secondary N) is 2. The third-order valence-corrected chi connectivity index (χ3v) is 2.92. The van der Waals surface area contributed by atoms with E-state index in [0.29, 0.717) is 11.5 Å². The summed E-state index contributed by atoms with van der Waals surface area (Å²) < 4.78 is 13.8. The van der Waals surface area contributed by atoms with E-state index in [4.69, 9.17) is 0 Å². The number of para-hydroxylation sites is 1. The number of hydrogen-bond acceptors (Lipinski definition) is 4. The third kappa shape index (κ3) is 3.23. The molecule has 0 unspecified atom stereocenters. The van der Waals surface area contributed by atoms with Crippen molar-refractivity contribution in [2.24, 2.45) is 0 Å². The topological polar surface area (TPSA) is 49.8 Å². The van der Waals surface area contributed by atoms with Crippen molar-refractivity contribution in [2.45, 2.75) is 27.2 Å². The minimum Gasteiger partial charge on any atom is -0.370 e. The van der Waals surface area contributed by atoms with E-state index in [-0.39, 0.29) is 5.82 Å². The highest BCUT2D eigenvalue weighted by atomic mass is 19.1. The van der Waals surface area contributed by atoms with Gasteiger partial charge in [0.1, 0.15) is 23.3 Å². The Kier molecular flexibility index (Phi) is 4.50. The molecule has 0 aliphatic carbocycles. The Labute approximate surface area is 118 Å². The molecule has 2 N–H and O–H groups in total. The summed E-state index contributed by atoms with van der Waals surface area (Å²) in [6, 6.07) is 6.77. The number of benzene rings is 1. The highest BCUT2D eigenvalue weighted by Crippen LogP contribution is 2.23. The van der Waals surface area contributed by atoms with Crippen LogP contribution in [0.4, 0.5) is 21.7 Å². The molecule has 4 nitrogen and oxygen atoms in total. The molecular weight excluding hydrogens is 255 g/mol. The number of nitrogens with zero attached hydrogens (tertiary/aromatic N) is 2. The van der Waals surface area contributed by atoms with Gasteiger partial charge in [0.05, 0.1) is 5.69 Å². The number of aryl methyl sites for hydroxylation is 2. The molecule has 2 rings (SSSR count). The quantitative estimate of drug-likeness (QED) is 0.873. The summed E-state index contributed by atoms with van der Waals surface area (Å²) in [5.41, 5.74) is 1.29. The lowest BCUT2D eigenvalue weighted by molar-refractivity contribution is 0.630. The first-order valence-electron chi connectivity index (χ1n) is 6.78. The van der Waals surface area contributed by atoms with Gasteiger partial charge in [-0.25, -0.2) is 14.4 Å². The van der Waals surface area contributed by atoms with Crippen LogP contribution >= 0.6 is 0 Å². The molecule has 5 heteroatoms. The van der Waals surface area contributed by atoms with Gasteiger partial charge in [0.25, 0.3) is 0 Å². The van der Waals surface area contributed by atoms with Crippen LogP contribution in [0.2, 0.25) is 0 Å². The lowest BCUT2D eigenvalue weighted by Crippen LogP contribution is -2.06. The van der Waals surface area contributed by atoms with Crippen LogP contribution in [0.5, 0.6) is 0 Å². The summed E-state index contributed by atoms with van der Waals surface area (Å²) in [5.74, 6) is 1.78. The second kappa shape index (κ2) is 6.32. The van der Waals surface area contributed by atoms with Crippen LogP contribution in [0.25, 0.3) is 0 Å². The predicted molar refractivity (Wildman–Crippen MR) is 80.0 cm³/mol. The third-order valence-electron chi connectivity index (χ3n) is 2.92. The normalized spacial score (nSPS) is 10.4. The Morgan fingerprint density at radius 2 is 1.90 bits per heavy atom. The van der Waals surface area contributed by atoms with E-state index in [9.17, 15) is 4.39 Å². The Hall–Kier alpha value is -2.17. The van der Waals surface area contributed by atoms with Crippen LogP contribution in [-0.4, -0.2) is 16.5 Å². The van der Waals surface area contributed by atoms with Gasteiger partial charge in [-0.2, -0.15) is 0 Å².